The van der Waals surface area contributed by atoms with Gasteiger partial charge in [-0.1, -0.05) is 0 Å². The number of carbonyl (C=O) groups excluding carboxylic acids is 1. The van der Waals surface area contributed by atoms with Crippen LogP contribution >= 0.6 is 0 Å². The third kappa shape index (κ3) is 4.23. The molecule has 1 heterocycles. The SMILES string of the molecule is COc1ccc2[nH]c(C(=O)NCCCOC(C)C)cc2c1. The average molecular weight is 290 g/mol. The third-order valence-corrected chi connectivity index (χ3v) is 3.13. The largest absolute Gasteiger partial charge is 0.497 e. The molecule has 114 valence electrons. The maximum Gasteiger partial charge on any atom is 0.267 e. The minimum absolute atomic E-state index is 0.102. The van der Waals surface area contributed by atoms with E-state index in [1.165, 1.54) is 0 Å². The van der Waals surface area contributed by atoms with Crippen LogP contribution in [0.15, 0.2) is 24.3 Å². The lowest BCUT2D eigenvalue weighted by molar-refractivity contribution is 0.0756. The summed E-state index contributed by atoms with van der Waals surface area (Å²) < 4.78 is 10.6. The van der Waals surface area contributed by atoms with Crippen molar-refractivity contribution in [2.45, 2.75) is 26.4 Å². The van der Waals surface area contributed by atoms with E-state index in [2.05, 4.69) is 10.3 Å². The first-order valence-corrected chi connectivity index (χ1v) is 7.16. The van der Waals surface area contributed by atoms with Crippen LogP contribution in [0.1, 0.15) is 30.8 Å². The minimum atomic E-state index is -0.102. The predicted molar refractivity (Wildman–Crippen MR) is 82.9 cm³/mol. The van der Waals surface area contributed by atoms with Crippen molar-refractivity contribution >= 4 is 16.8 Å². The van der Waals surface area contributed by atoms with Gasteiger partial charge in [0.2, 0.25) is 0 Å². The van der Waals surface area contributed by atoms with Gasteiger partial charge in [0.1, 0.15) is 11.4 Å². The molecule has 5 heteroatoms. The van der Waals surface area contributed by atoms with Crippen molar-refractivity contribution in [2.24, 2.45) is 0 Å². The van der Waals surface area contributed by atoms with E-state index in [1.54, 1.807) is 7.11 Å². The number of benzene rings is 1. The smallest absolute Gasteiger partial charge is 0.267 e. The Balaban J connectivity index is 1.90. The maximum absolute atomic E-state index is 12.1. The Labute approximate surface area is 124 Å². The third-order valence-electron chi connectivity index (χ3n) is 3.13. The number of aromatic nitrogens is 1. The number of methoxy groups -OCH3 is 1. The first-order chi connectivity index (χ1) is 10.1. The quantitative estimate of drug-likeness (QED) is 0.771. The number of H-pyrrole nitrogens is 1. The predicted octanol–water partition coefficient (Wildman–Crippen LogP) is 2.72. The molecule has 0 bridgehead atoms. The Bertz CT molecular complexity index is 605. The monoisotopic (exact) mass is 290 g/mol. The van der Waals surface area contributed by atoms with Crippen molar-refractivity contribution < 1.29 is 14.3 Å². The maximum atomic E-state index is 12.1. The number of amides is 1. The second kappa shape index (κ2) is 7.13. The molecule has 0 aliphatic carbocycles. The van der Waals surface area contributed by atoms with Crippen molar-refractivity contribution in [1.29, 1.82) is 0 Å². The minimum Gasteiger partial charge on any atom is -0.497 e. The number of fused-ring (bicyclic) bond motifs is 1. The Hall–Kier alpha value is -2.01. The fourth-order valence-corrected chi connectivity index (χ4v) is 2.05. The summed E-state index contributed by atoms with van der Waals surface area (Å²) in [5.41, 5.74) is 1.48. The molecule has 0 unspecified atom stereocenters. The highest BCUT2D eigenvalue weighted by Crippen LogP contribution is 2.21. The number of rotatable bonds is 7. The number of aromatic amines is 1. The van der Waals surface area contributed by atoms with Gasteiger partial charge in [0, 0.05) is 24.1 Å². The molecule has 0 aliphatic rings. The van der Waals surface area contributed by atoms with Gasteiger partial charge in [0.05, 0.1) is 13.2 Å². The van der Waals surface area contributed by atoms with E-state index >= 15 is 0 Å². The van der Waals surface area contributed by atoms with Crippen molar-refractivity contribution in [3.63, 3.8) is 0 Å². The average Bonchev–Trinajstić information content (AvgIpc) is 2.89. The summed E-state index contributed by atoms with van der Waals surface area (Å²) in [5, 5.41) is 3.84. The Kier molecular flexibility index (Phi) is 5.22. The molecule has 1 aromatic carbocycles. The summed E-state index contributed by atoms with van der Waals surface area (Å²) in [4.78, 5) is 15.2. The van der Waals surface area contributed by atoms with Gasteiger partial charge in [-0.05, 0) is 44.5 Å². The summed E-state index contributed by atoms with van der Waals surface area (Å²) in [6, 6.07) is 7.50. The van der Waals surface area contributed by atoms with Crippen LogP contribution in [0.3, 0.4) is 0 Å². The van der Waals surface area contributed by atoms with Crippen LogP contribution in [-0.4, -0.2) is 37.3 Å². The van der Waals surface area contributed by atoms with E-state index in [9.17, 15) is 4.79 Å². The molecule has 0 saturated heterocycles. The van der Waals surface area contributed by atoms with Gasteiger partial charge < -0.3 is 19.8 Å². The van der Waals surface area contributed by atoms with Crippen LogP contribution in [-0.2, 0) is 4.74 Å². The van der Waals surface area contributed by atoms with E-state index in [0.717, 1.165) is 23.1 Å². The molecule has 0 radical (unpaired) electrons. The Morgan fingerprint density at radius 3 is 2.86 bits per heavy atom. The van der Waals surface area contributed by atoms with E-state index in [4.69, 9.17) is 9.47 Å². The van der Waals surface area contributed by atoms with E-state index in [1.807, 2.05) is 38.1 Å². The number of ether oxygens (including phenoxy) is 2. The molecule has 0 atom stereocenters. The molecular weight excluding hydrogens is 268 g/mol. The molecular formula is C16H22N2O3. The summed E-state index contributed by atoms with van der Waals surface area (Å²) in [5.74, 6) is 0.675. The summed E-state index contributed by atoms with van der Waals surface area (Å²) in [6.45, 7) is 5.25. The number of carbonyl (C=O) groups is 1. The molecule has 1 aromatic heterocycles. The molecule has 0 spiro atoms. The summed E-state index contributed by atoms with van der Waals surface area (Å²) in [7, 11) is 1.63. The lowest BCUT2D eigenvalue weighted by Crippen LogP contribution is -2.25. The molecule has 1 amide bonds. The Morgan fingerprint density at radius 1 is 1.33 bits per heavy atom. The van der Waals surface area contributed by atoms with Gasteiger partial charge in [-0.2, -0.15) is 0 Å². The van der Waals surface area contributed by atoms with E-state index in [-0.39, 0.29) is 12.0 Å². The lowest BCUT2D eigenvalue weighted by Gasteiger charge is -2.07. The molecule has 2 aromatic rings. The van der Waals surface area contributed by atoms with Gasteiger partial charge in [-0.15, -0.1) is 0 Å². The fourth-order valence-electron chi connectivity index (χ4n) is 2.05. The molecule has 0 fully saturated rings. The van der Waals surface area contributed by atoms with Crippen LogP contribution in [0.2, 0.25) is 0 Å². The summed E-state index contributed by atoms with van der Waals surface area (Å²) in [6.07, 6.45) is 1.03. The molecule has 0 saturated carbocycles. The van der Waals surface area contributed by atoms with Gasteiger partial charge in [0.25, 0.3) is 5.91 Å². The van der Waals surface area contributed by atoms with Crippen LogP contribution in [0.25, 0.3) is 10.9 Å². The normalized spacial score (nSPS) is 11.0. The second-order valence-corrected chi connectivity index (χ2v) is 5.17. The molecule has 2 N–H and O–H groups in total. The van der Waals surface area contributed by atoms with Crippen molar-refractivity contribution in [3.05, 3.63) is 30.0 Å². The van der Waals surface area contributed by atoms with E-state index in [0.29, 0.717) is 18.8 Å². The molecule has 0 aliphatic heterocycles. The first-order valence-electron chi connectivity index (χ1n) is 7.16. The highest BCUT2D eigenvalue weighted by molar-refractivity contribution is 5.98. The second-order valence-electron chi connectivity index (χ2n) is 5.17. The zero-order chi connectivity index (χ0) is 15.2. The van der Waals surface area contributed by atoms with Gasteiger partial charge >= 0.3 is 0 Å². The summed E-state index contributed by atoms with van der Waals surface area (Å²) >= 11 is 0. The van der Waals surface area contributed by atoms with Crippen LogP contribution in [0.5, 0.6) is 5.75 Å². The lowest BCUT2D eigenvalue weighted by atomic mass is 10.2. The molecule has 21 heavy (non-hydrogen) atoms. The molecule has 2 rings (SSSR count). The fraction of sp³-hybridized carbons (Fsp3) is 0.438. The number of hydrogen-bond acceptors (Lipinski definition) is 3. The van der Waals surface area contributed by atoms with Crippen LogP contribution in [0, 0.1) is 0 Å². The topological polar surface area (TPSA) is 63.4 Å². The van der Waals surface area contributed by atoms with E-state index < -0.39 is 0 Å². The van der Waals surface area contributed by atoms with Gasteiger partial charge in [0.15, 0.2) is 0 Å². The van der Waals surface area contributed by atoms with Gasteiger partial charge in [-0.3, -0.25) is 4.79 Å². The Morgan fingerprint density at radius 2 is 2.14 bits per heavy atom. The first kappa shape index (κ1) is 15.4. The highest BCUT2D eigenvalue weighted by atomic mass is 16.5. The highest BCUT2D eigenvalue weighted by Gasteiger charge is 2.09. The van der Waals surface area contributed by atoms with Crippen LogP contribution < -0.4 is 10.1 Å². The number of hydrogen-bond donors (Lipinski definition) is 2. The zero-order valence-corrected chi connectivity index (χ0v) is 12.7. The van der Waals surface area contributed by atoms with Crippen LogP contribution in [0.4, 0.5) is 0 Å². The van der Waals surface area contributed by atoms with Crippen molar-refractivity contribution in [3.8, 4) is 5.75 Å². The number of nitrogens with one attached hydrogen (secondary N) is 2. The van der Waals surface area contributed by atoms with Gasteiger partial charge in [-0.25, -0.2) is 0 Å². The molecule has 5 nitrogen and oxygen atoms in total. The van der Waals surface area contributed by atoms with Crippen molar-refractivity contribution in [1.82, 2.24) is 10.3 Å². The standard InChI is InChI=1S/C16H22N2O3/c1-11(2)21-8-4-7-17-16(19)15-10-12-9-13(20-3)5-6-14(12)18-15/h5-6,9-11,18H,4,7-8H2,1-3H3,(H,17,19). The zero-order valence-electron chi connectivity index (χ0n) is 12.7. The van der Waals surface area contributed by atoms with Crippen molar-refractivity contribution in [2.75, 3.05) is 20.3 Å².